The van der Waals surface area contributed by atoms with Gasteiger partial charge in [-0.25, -0.2) is 17.6 Å². The predicted molar refractivity (Wildman–Crippen MR) is 115 cm³/mol. The van der Waals surface area contributed by atoms with Crippen molar-refractivity contribution < 1.29 is 27.1 Å². The van der Waals surface area contributed by atoms with Crippen LogP contribution < -0.4 is 10.0 Å². The highest BCUT2D eigenvalue weighted by Gasteiger charge is 2.17. The molecule has 3 aromatic rings. The van der Waals surface area contributed by atoms with Crippen LogP contribution in [-0.2, 0) is 32.5 Å². The van der Waals surface area contributed by atoms with Gasteiger partial charge in [-0.3, -0.25) is 9.52 Å². The van der Waals surface area contributed by atoms with Crippen LogP contribution in [0.1, 0.15) is 20.8 Å². The molecule has 1 aromatic heterocycles. The van der Waals surface area contributed by atoms with E-state index in [1.165, 1.54) is 36.6 Å². The summed E-state index contributed by atoms with van der Waals surface area (Å²) in [4.78, 5) is 24.9. The minimum Gasteiger partial charge on any atom is -0.465 e. The van der Waals surface area contributed by atoms with Crippen molar-refractivity contribution >= 4 is 38.9 Å². The Morgan fingerprint density at radius 1 is 1.10 bits per heavy atom. The van der Waals surface area contributed by atoms with Crippen molar-refractivity contribution in [1.29, 1.82) is 0 Å². The maximum Gasteiger partial charge on any atom is 0.337 e. The molecular weight excluding hydrogens is 443 g/mol. The number of sulfonamides is 1. The van der Waals surface area contributed by atoms with Gasteiger partial charge in [-0.05, 0) is 59.5 Å². The molecule has 0 aliphatic carbocycles. The third kappa shape index (κ3) is 6.12. The van der Waals surface area contributed by atoms with Crippen molar-refractivity contribution in [2.24, 2.45) is 0 Å². The Kier molecular flexibility index (Phi) is 7.03. The summed E-state index contributed by atoms with van der Waals surface area (Å²) in [5.41, 5.74) is 0.721. The summed E-state index contributed by atoms with van der Waals surface area (Å²) in [6, 6.07) is 12.4. The smallest absolute Gasteiger partial charge is 0.337 e. The second kappa shape index (κ2) is 9.71. The number of hydrogen-bond acceptors (Lipinski definition) is 6. The highest BCUT2D eigenvalue weighted by Crippen LogP contribution is 2.21. The number of carbonyl (C=O) groups excluding carboxylic acids is 2. The standard InChI is InChI=1S/C21H19FN2O5S2/c1-29-21(26)15-9-14(13-23-20(25)12-18-3-2-8-30-18)10-17(11-15)24-31(27,28)19-6-4-16(22)5-7-19/h2-11,24H,12-13H2,1H3,(H,23,25). The maximum atomic E-state index is 13.1. The third-order valence-electron chi connectivity index (χ3n) is 4.19. The number of anilines is 1. The van der Waals surface area contributed by atoms with Gasteiger partial charge in [0.1, 0.15) is 5.82 Å². The maximum absolute atomic E-state index is 13.1. The van der Waals surface area contributed by atoms with Crippen LogP contribution in [0.25, 0.3) is 0 Å². The normalized spacial score (nSPS) is 11.0. The molecule has 0 aliphatic rings. The number of rotatable bonds is 8. The molecule has 0 saturated carbocycles. The van der Waals surface area contributed by atoms with E-state index in [4.69, 9.17) is 4.74 Å². The summed E-state index contributed by atoms with van der Waals surface area (Å²) in [6.45, 7) is 0.0836. The van der Waals surface area contributed by atoms with Crippen molar-refractivity contribution in [3.8, 4) is 0 Å². The number of ether oxygens (including phenoxy) is 1. The highest BCUT2D eigenvalue weighted by atomic mass is 32.2. The van der Waals surface area contributed by atoms with Crippen LogP contribution in [0.2, 0.25) is 0 Å². The van der Waals surface area contributed by atoms with E-state index < -0.39 is 21.8 Å². The van der Waals surface area contributed by atoms with Gasteiger partial charge in [-0.1, -0.05) is 6.07 Å². The van der Waals surface area contributed by atoms with Crippen molar-refractivity contribution in [2.75, 3.05) is 11.8 Å². The molecule has 162 valence electrons. The molecule has 1 heterocycles. The van der Waals surface area contributed by atoms with Crippen LogP contribution in [-0.4, -0.2) is 27.4 Å². The Bertz CT molecular complexity index is 1180. The van der Waals surface area contributed by atoms with Crippen LogP contribution in [0.5, 0.6) is 0 Å². The topological polar surface area (TPSA) is 102 Å². The van der Waals surface area contributed by atoms with E-state index in [1.807, 2.05) is 17.5 Å². The van der Waals surface area contributed by atoms with Crippen molar-refractivity contribution in [2.45, 2.75) is 17.9 Å². The molecule has 1 amide bonds. The van der Waals surface area contributed by atoms with Gasteiger partial charge in [0.05, 0.1) is 29.7 Å². The fourth-order valence-electron chi connectivity index (χ4n) is 2.75. The molecule has 0 aliphatic heterocycles. The zero-order valence-electron chi connectivity index (χ0n) is 16.4. The first-order valence-corrected chi connectivity index (χ1v) is 11.4. The Hall–Kier alpha value is -3.24. The second-order valence-electron chi connectivity index (χ2n) is 6.50. The van der Waals surface area contributed by atoms with Crippen molar-refractivity contribution in [3.63, 3.8) is 0 Å². The molecule has 2 N–H and O–H groups in total. The first-order valence-electron chi connectivity index (χ1n) is 9.06. The van der Waals surface area contributed by atoms with Crippen LogP contribution in [0.15, 0.2) is 64.9 Å². The van der Waals surface area contributed by atoms with Crippen LogP contribution in [0, 0.1) is 5.82 Å². The molecule has 10 heteroatoms. The molecule has 0 bridgehead atoms. The molecule has 0 fully saturated rings. The minimum absolute atomic E-state index is 0.0836. The number of methoxy groups -OCH3 is 1. The average Bonchev–Trinajstić information content (AvgIpc) is 3.24. The van der Waals surface area contributed by atoms with E-state index in [2.05, 4.69) is 10.0 Å². The fraction of sp³-hybridized carbons (Fsp3) is 0.143. The van der Waals surface area contributed by atoms with Gasteiger partial charge in [0, 0.05) is 11.4 Å². The van der Waals surface area contributed by atoms with E-state index in [0.29, 0.717) is 5.56 Å². The summed E-state index contributed by atoms with van der Waals surface area (Å²) in [7, 11) is -2.81. The van der Waals surface area contributed by atoms with Gasteiger partial charge in [0.15, 0.2) is 0 Å². The molecule has 3 rings (SSSR count). The number of amides is 1. The lowest BCUT2D eigenvalue weighted by molar-refractivity contribution is -0.120. The molecular formula is C21H19FN2O5S2. The molecule has 0 unspecified atom stereocenters. The van der Waals surface area contributed by atoms with E-state index >= 15 is 0 Å². The number of esters is 1. The lowest BCUT2D eigenvalue weighted by Crippen LogP contribution is -2.24. The molecule has 0 radical (unpaired) electrons. The van der Waals surface area contributed by atoms with E-state index in [9.17, 15) is 22.4 Å². The molecule has 0 spiro atoms. The SMILES string of the molecule is COC(=O)c1cc(CNC(=O)Cc2cccs2)cc(NS(=O)(=O)c2ccc(F)cc2)c1. The highest BCUT2D eigenvalue weighted by molar-refractivity contribution is 7.92. The molecule has 0 saturated heterocycles. The Balaban J connectivity index is 1.80. The lowest BCUT2D eigenvalue weighted by atomic mass is 10.1. The zero-order valence-corrected chi connectivity index (χ0v) is 18.1. The lowest BCUT2D eigenvalue weighted by Gasteiger charge is -2.12. The van der Waals surface area contributed by atoms with Gasteiger partial charge in [-0.15, -0.1) is 11.3 Å². The van der Waals surface area contributed by atoms with Crippen molar-refractivity contribution in [3.05, 3.63) is 81.8 Å². The van der Waals surface area contributed by atoms with E-state index in [1.54, 1.807) is 0 Å². The summed E-state index contributed by atoms with van der Waals surface area (Å²) in [5.74, 6) is -1.43. The molecule has 2 aromatic carbocycles. The summed E-state index contributed by atoms with van der Waals surface area (Å²) in [6.07, 6.45) is 0.221. The largest absolute Gasteiger partial charge is 0.465 e. The summed E-state index contributed by atoms with van der Waals surface area (Å²) < 4.78 is 45.4. The van der Waals surface area contributed by atoms with Gasteiger partial charge >= 0.3 is 5.97 Å². The fourth-order valence-corrected chi connectivity index (χ4v) is 4.49. The number of hydrogen-bond donors (Lipinski definition) is 2. The first-order chi connectivity index (χ1) is 14.8. The zero-order chi connectivity index (χ0) is 22.4. The summed E-state index contributed by atoms with van der Waals surface area (Å²) >= 11 is 1.47. The molecule has 0 atom stereocenters. The molecule has 31 heavy (non-hydrogen) atoms. The van der Waals surface area contributed by atoms with Gasteiger partial charge in [-0.2, -0.15) is 0 Å². The van der Waals surface area contributed by atoms with Crippen LogP contribution in [0.3, 0.4) is 0 Å². The second-order valence-corrected chi connectivity index (χ2v) is 9.22. The Morgan fingerprint density at radius 2 is 1.84 bits per heavy atom. The Morgan fingerprint density at radius 3 is 2.48 bits per heavy atom. The number of benzene rings is 2. The van der Waals surface area contributed by atoms with Gasteiger partial charge in [0.2, 0.25) is 5.91 Å². The predicted octanol–water partition coefficient (Wildman–Crippen LogP) is 3.33. The van der Waals surface area contributed by atoms with E-state index in [0.717, 1.165) is 29.1 Å². The third-order valence-corrected chi connectivity index (χ3v) is 6.47. The quantitative estimate of drug-likeness (QED) is 0.500. The minimum atomic E-state index is -4.02. The number of halogens is 1. The number of carbonyl (C=O) groups is 2. The molecule has 7 nitrogen and oxygen atoms in total. The van der Waals surface area contributed by atoms with Gasteiger partial charge < -0.3 is 10.1 Å². The summed E-state index contributed by atoms with van der Waals surface area (Å²) in [5, 5.41) is 4.62. The van der Waals surface area contributed by atoms with Crippen LogP contribution >= 0.6 is 11.3 Å². The monoisotopic (exact) mass is 462 g/mol. The van der Waals surface area contributed by atoms with Crippen molar-refractivity contribution in [1.82, 2.24) is 5.32 Å². The van der Waals surface area contributed by atoms with E-state index in [-0.39, 0.29) is 35.0 Å². The number of thiophene rings is 1. The van der Waals surface area contributed by atoms with Gasteiger partial charge in [0.25, 0.3) is 10.0 Å². The average molecular weight is 463 g/mol. The number of nitrogens with one attached hydrogen (secondary N) is 2. The Labute approximate surface area is 182 Å². The van der Waals surface area contributed by atoms with Crippen LogP contribution in [0.4, 0.5) is 10.1 Å². The first kappa shape index (κ1) is 22.4.